The summed E-state index contributed by atoms with van der Waals surface area (Å²) in [5.74, 6) is -0.176. The van der Waals surface area contributed by atoms with E-state index in [9.17, 15) is 13.2 Å². The first-order chi connectivity index (χ1) is 6.55. The van der Waals surface area contributed by atoms with Crippen molar-refractivity contribution in [2.45, 2.75) is 6.18 Å². The molecule has 2 nitrogen and oxygen atoms in total. The Labute approximate surface area is 79.5 Å². The molecule has 0 aliphatic rings. The third-order valence-electron chi connectivity index (χ3n) is 1.57. The standard InChI is InChI=1S/C9H10F3NO/c10-9(11,12)7-3-1-2-4-8(7)14-6-5-13/h1-4H,5-6,13H2. The molecule has 0 amide bonds. The number of halogens is 3. The molecule has 2 N–H and O–H groups in total. The van der Waals surface area contributed by atoms with Crippen molar-refractivity contribution in [3.63, 3.8) is 0 Å². The monoisotopic (exact) mass is 205 g/mol. The lowest BCUT2D eigenvalue weighted by Gasteiger charge is -2.12. The quantitative estimate of drug-likeness (QED) is 0.819. The highest BCUT2D eigenvalue weighted by atomic mass is 19.4. The first kappa shape index (κ1) is 10.8. The Hall–Kier alpha value is -1.23. The van der Waals surface area contributed by atoms with Gasteiger partial charge in [-0.2, -0.15) is 13.2 Å². The molecule has 5 heteroatoms. The van der Waals surface area contributed by atoms with Crippen LogP contribution < -0.4 is 10.5 Å². The number of rotatable bonds is 3. The Morgan fingerprint density at radius 1 is 1.21 bits per heavy atom. The average molecular weight is 205 g/mol. The number of hydrogen-bond acceptors (Lipinski definition) is 2. The van der Waals surface area contributed by atoms with Crippen LogP contribution in [0, 0.1) is 0 Å². The molecule has 14 heavy (non-hydrogen) atoms. The van der Waals surface area contributed by atoms with Crippen LogP contribution in [0.4, 0.5) is 13.2 Å². The molecule has 1 rings (SSSR count). The molecule has 0 fully saturated rings. The van der Waals surface area contributed by atoms with Gasteiger partial charge in [0.2, 0.25) is 0 Å². The van der Waals surface area contributed by atoms with Crippen LogP contribution in [0.2, 0.25) is 0 Å². The van der Waals surface area contributed by atoms with E-state index in [1.165, 1.54) is 18.2 Å². The molecule has 0 saturated heterocycles. The molecule has 1 aromatic carbocycles. The van der Waals surface area contributed by atoms with Gasteiger partial charge in [-0.25, -0.2) is 0 Å². The minimum atomic E-state index is -4.38. The van der Waals surface area contributed by atoms with E-state index in [0.717, 1.165) is 6.07 Å². The summed E-state index contributed by atoms with van der Waals surface area (Å²) in [6, 6.07) is 5.06. The fraction of sp³-hybridized carbons (Fsp3) is 0.333. The molecule has 0 bridgehead atoms. The van der Waals surface area contributed by atoms with Gasteiger partial charge < -0.3 is 10.5 Å². The van der Waals surface area contributed by atoms with Gasteiger partial charge in [-0.15, -0.1) is 0 Å². The SMILES string of the molecule is NCCOc1ccccc1C(F)(F)F. The summed E-state index contributed by atoms with van der Waals surface area (Å²) in [5.41, 5.74) is 4.36. The molecule has 0 atom stereocenters. The number of nitrogens with two attached hydrogens (primary N) is 1. The third-order valence-corrected chi connectivity index (χ3v) is 1.57. The van der Waals surface area contributed by atoms with Crippen LogP contribution in [-0.2, 0) is 6.18 Å². The maximum absolute atomic E-state index is 12.4. The van der Waals surface area contributed by atoms with E-state index >= 15 is 0 Å². The van der Waals surface area contributed by atoms with E-state index in [0.29, 0.717) is 0 Å². The fourth-order valence-corrected chi connectivity index (χ4v) is 0.996. The van der Waals surface area contributed by atoms with E-state index in [4.69, 9.17) is 10.5 Å². The van der Waals surface area contributed by atoms with Crippen molar-refractivity contribution >= 4 is 0 Å². The van der Waals surface area contributed by atoms with Gasteiger partial charge in [0.1, 0.15) is 12.4 Å². The fourth-order valence-electron chi connectivity index (χ4n) is 0.996. The second-order valence-electron chi connectivity index (χ2n) is 2.63. The molecule has 78 valence electrons. The zero-order valence-electron chi connectivity index (χ0n) is 7.34. The highest BCUT2D eigenvalue weighted by Gasteiger charge is 2.33. The minimum Gasteiger partial charge on any atom is -0.492 e. The van der Waals surface area contributed by atoms with Crippen LogP contribution in [0.15, 0.2) is 24.3 Å². The smallest absolute Gasteiger partial charge is 0.419 e. The topological polar surface area (TPSA) is 35.2 Å². The maximum Gasteiger partial charge on any atom is 0.419 e. The second-order valence-corrected chi connectivity index (χ2v) is 2.63. The number of ether oxygens (including phenoxy) is 1. The zero-order valence-corrected chi connectivity index (χ0v) is 7.34. The Kier molecular flexibility index (Phi) is 3.35. The van der Waals surface area contributed by atoms with Crippen molar-refractivity contribution < 1.29 is 17.9 Å². The summed E-state index contributed by atoms with van der Waals surface area (Å²) in [6.07, 6.45) is -4.38. The molecular weight excluding hydrogens is 195 g/mol. The molecule has 0 heterocycles. The van der Waals surface area contributed by atoms with Crippen molar-refractivity contribution in [2.24, 2.45) is 5.73 Å². The van der Waals surface area contributed by atoms with Gasteiger partial charge in [-0.1, -0.05) is 12.1 Å². The predicted molar refractivity (Wildman–Crippen MR) is 46.0 cm³/mol. The Morgan fingerprint density at radius 2 is 1.86 bits per heavy atom. The summed E-state index contributed by atoms with van der Waals surface area (Å²) in [7, 11) is 0. The van der Waals surface area contributed by atoms with Crippen LogP contribution in [0.25, 0.3) is 0 Å². The van der Waals surface area contributed by atoms with E-state index in [1.54, 1.807) is 0 Å². The number of alkyl halides is 3. The third kappa shape index (κ3) is 2.63. The van der Waals surface area contributed by atoms with E-state index < -0.39 is 11.7 Å². The van der Waals surface area contributed by atoms with Crippen LogP contribution in [-0.4, -0.2) is 13.2 Å². The van der Waals surface area contributed by atoms with Crippen molar-refractivity contribution in [3.05, 3.63) is 29.8 Å². The molecule has 0 aromatic heterocycles. The Morgan fingerprint density at radius 3 is 2.43 bits per heavy atom. The van der Waals surface area contributed by atoms with E-state index in [2.05, 4.69) is 0 Å². The number of benzene rings is 1. The van der Waals surface area contributed by atoms with Gasteiger partial charge in [-0.3, -0.25) is 0 Å². The first-order valence-corrected chi connectivity index (χ1v) is 4.05. The Balaban J connectivity index is 2.92. The molecule has 0 aliphatic heterocycles. The highest BCUT2D eigenvalue weighted by Crippen LogP contribution is 2.35. The first-order valence-electron chi connectivity index (χ1n) is 4.05. The predicted octanol–water partition coefficient (Wildman–Crippen LogP) is 2.04. The number of hydrogen-bond donors (Lipinski definition) is 1. The summed E-state index contributed by atoms with van der Waals surface area (Å²) < 4.78 is 42.0. The van der Waals surface area contributed by atoms with Crippen molar-refractivity contribution in [2.75, 3.05) is 13.2 Å². The van der Waals surface area contributed by atoms with Crippen LogP contribution in [0.1, 0.15) is 5.56 Å². The van der Waals surface area contributed by atoms with Crippen molar-refractivity contribution in [1.82, 2.24) is 0 Å². The summed E-state index contributed by atoms with van der Waals surface area (Å²) in [6.45, 7) is 0.263. The summed E-state index contributed by atoms with van der Waals surface area (Å²) in [4.78, 5) is 0. The summed E-state index contributed by atoms with van der Waals surface area (Å²) in [5, 5.41) is 0. The van der Waals surface area contributed by atoms with Crippen LogP contribution in [0.3, 0.4) is 0 Å². The largest absolute Gasteiger partial charge is 0.492 e. The van der Waals surface area contributed by atoms with E-state index in [1.807, 2.05) is 0 Å². The van der Waals surface area contributed by atoms with Crippen molar-refractivity contribution in [3.8, 4) is 5.75 Å². The molecule has 0 spiro atoms. The second kappa shape index (κ2) is 4.32. The maximum atomic E-state index is 12.4. The van der Waals surface area contributed by atoms with Gasteiger partial charge in [0.25, 0.3) is 0 Å². The van der Waals surface area contributed by atoms with E-state index in [-0.39, 0.29) is 18.9 Å². The van der Waals surface area contributed by atoms with Gasteiger partial charge in [0.15, 0.2) is 0 Å². The van der Waals surface area contributed by atoms with Gasteiger partial charge in [0, 0.05) is 6.54 Å². The van der Waals surface area contributed by atoms with Gasteiger partial charge in [0.05, 0.1) is 5.56 Å². The van der Waals surface area contributed by atoms with Crippen molar-refractivity contribution in [1.29, 1.82) is 0 Å². The highest BCUT2D eigenvalue weighted by molar-refractivity contribution is 5.35. The van der Waals surface area contributed by atoms with Gasteiger partial charge >= 0.3 is 6.18 Å². The lowest BCUT2D eigenvalue weighted by Crippen LogP contribution is -2.14. The average Bonchev–Trinajstić information content (AvgIpc) is 2.14. The molecule has 1 aromatic rings. The lowest BCUT2D eigenvalue weighted by molar-refractivity contribution is -0.138. The molecule has 0 aliphatic carbocycles. The normalized spacial score (nSPS) is 11.4. The zero-order chi connectivity index (χ0) is 10.6. The molecule has 0 saturated carbocycles. The number of para-hydroxylation sites is 1. The lowest BCUT2D eigenvalue weighted by atomic mass is 10.2. The van der Waals surface area contributed by atoms with Crippen LogP contribution >= 0.6 is 0 Å². The van der Waals surface area contributed by atoms with Crippen LogP contribution in [0.5, 0.6) is 5.75 Å². The molecular formula is C9H10F3NO. The molecule has 0 radical (unpaired) electrons. The van der Waals surface area contributed by atoms with Gasteiger partial charge in [-0.05, 0) is 12.1 Å². The molecule has 0 unspecified atom stereocenters. The minimum absolute atomic E-state index is 0.0765. The summed E-state index contributed by atoms with van der Waals surface area (Å²) >= 11 is 0. The Bertz CT molecular complexity index is 298.